The maximum atomic E-state index is 13.9. The number of benzene rings is 5. The van der Waals surface area contributed by atoms with Crippen molar-refractivity contribution >= 4 is 29.4 Å². The summed E-state index contributed by atoms with van der Waals surface area (Å²) in [5.41, 5.74) is 2.85. The first-order valence-corrected chi connectivity index (χ1v) is 17.4. The minimum absolute atomic E-state index is 0.00796. The van der Waals surface area contributed by atoms with E-state index in [9.17, 15) is 37.5 Å². The van der Waals surface area contributed by atoms with E-state index in [1.165, 1.54) is 49.6 Å². The quantitative estimate of drug-likeness (QED) is 0.0849. The molecule has 0 saturated heterocycles. The third-order valence-electron chi connectivity index (χ3n) is 8.46. The van der Waals surface area contributed by atoms with E-state index in [0.717, 1.165) is 27.7 Å². The molecule has 0 saturated carbocycles. The lowest BCUT2D eigenvalue weighted by molar-refractivity contribution is -0.139. The van der Waals surface area contributed by atoms with Crippen LogP contribution in [-0.2, 0) is 28.7 Å². The Labute approximate surface area is 321 Å². The Bertz CT molecular complexity index is 2200. The molecule has 2 amide bonds. The molecule has 13 heteroatoms. The standard InChI is InChI=1S/C43H39F3N2O8/c1-26(2)55-38-22-33(47-39(49)21-32-15-19-35(54-4)23-37(32)43(44,45)46)16-20-36(38)41(52)48(25-40(50)51)24-28-7-17-34(18-8-28)56-42(53)31-13-11-30(12-14-31)29-9-5-27(3)6-10-29/h5-20,22-23,26H,21,24-25H2,1-4H3,(H,47,49)(H,50,51). The lowest BCUT2D eigenvalue weighted by atomic mass is 10.0. The molecular formula is C43H39F3N2O8. The summed E-state index contributed by atoms with van der Waals surface area (Å²) in [6.07, 6.45) is -5.78. The minimum Gasteiger partial charge on any atom is -0.497 e. The molecule has 0 aromatic heterocycles. The van der Waals surface area contributed by atoms with Crippen molar-refractivity contribution in [1.29, 1.82) is 0 Å². The number of hydrogen-bond acceptors (Lipinski definition) is 7. The third-order valence-corrected chi connectivity index (χ3v) is 8.46. The second kappa shape index (κ2) is 17.7. The van der Waals surface area contributed by atoms with E-state index < -0.39 is 54.6 Å². The van der Waals surface area contributed by atoms with Gasteiger partial charge in [-0.15, -0.1) is 0 Å². The zero-order chi connectivity index (χ0) is 40.6. The van der Waals surface area contributed by atoms with Crippen LogP contribution >= 0.6 is 0 Å². The van der Waals surface area contributed by atoms with Crippen molar-refractivity contribution < 1.29 is 51.7 Å². The predicted octanol–water partition coefficient (Wildman–Crippen LogP) is 8.60. The first-order chi connectivity index (χ1) is 26.6. The Morgan fingerprint density at radius 1 is 0.804 bits per heavy atom. The van der Waals surface area contributed by atoms with E-state index >= 15 is 0 Å². The summed E-state index contributed by atoms with van der Waals surface area (Å²) >= 11 is 0. The molecule has 0 aliphatic rings. The molecular weight excluding hydrogens is 729 g/mol. The molecule has 5 aromatic carbocycles. The van der Waals surface area contributed by atoms with Crippen LogP contribution in [0.1, 0.15) is 56.8 Å². The number of rotatable bonds is 14. The summed E-state index contributed by atoms with van der Waals surface area (Å²) < 4.78 is 57.4. The van der Waals surface area contributed by atoms with Crippen molar-refractivity contribution in [2.45, 2.75) is 46.0 Å². The molecule has 56 heavy (non-hydrogen) atoms. The van der Waals surface area contributed by atoms with Crippen LogP contribution in [0, 0.1) is 6.92 Å². The van der Waals surface area contributed by atoms with E-state index in [0.29, 0.717) is 11.1 Å². The molecule has 0 bridgehead atoms. The van der Waals surface area contributed by atoms with Gasteiger partial charge in [-0.25, -0.2) is 4.79 Å². The largest absolute Gasteiger partial charge is 0.497 e. The highest BCUT2D eigenvalue weighted by Crippen LogP contribution is 2.35. The molecule has 0 atom stereocenters. The Morgan fingerprint density at radius 3 is 2.02 bits per heavy atom. The number of hydrogen-bond donors (Lipinski definition) is 2. The summed E-state index contributed by atoms with van der Waals surface area (Å²) in [7, 11) is 1.24. The van der Waals surface area contributed by atoms with Crippen LogP contribution in [0.3, 0.4) is 0 Å². The first kappa shape index (κ1) is 40.6. The first-order valence-electron chi connectivity index (χ1n) is 17.4. The fraction of sp³-hybridized carbons (Fsp3) is 0.209. The number of carbonyl (C=O) groups excluding carboxylic acids is 3. The molecule has 290 valence electrons. The van der Waals surface area contributed by atoms with Crippen LogP contribution < -0.4 is 19.5 Å². The van der Waals surface area contributed by atoms with E-state index in [1.54, 1.807) is 38.1 Å². The van der Waals surface area contributed by atoms with Crippen molar-refractivity contribution in [3.63, 3.8) is 0 Å². The Kier molecular flexibility index (Phi) is 12.8. The summed E-state index contributed by atoms with van der Waals surface area (Å²) in [4.78, 5) is 52.6. The van der Waals surface area contributed by atoms with Crippen LogP contribution in [0.15, 0.2) is 109 Å². The minimum atomic E-state index is -4.72. The van der Waals surface area contributed by atoms with Gasteiger partial charge in [0.25, 0.3) is 5.91 Å². The molecule has 10 nitrogen and oxygen atoms in total. The number of nitrogens with zero attached hydrogens (tertiary/aromatic N) is 1. The highest BCUT2D eigenvalue weighted by molar-refractivity contribution is 6.00. The topological polar surface area (TPSA) is 131 Å². The average Bonchev–Trinajstić information content (AvgIpc) is 3.15. The number of halogens is 3. The SMILES string of the molecule is COc1ccc(CC(=O)Nc2ccc(C(=O)N(CC(=O)O)Cc3ccc(OC(=O)c4ccc(-c5ccc(C)cc5)cc4)cc3)c(OC(C)C)c2)c(C(F)(F)F)c1. The number of amides is 2. The van der Waals surface area contributed by atoms with E-state index in [1.807, 2.05) is 43.3 Å². The van der Waals surface area contributed by atoms with Crippen molar-refractivity contribution in [3.8, 4) is 28.4 Å². The molecule has 5 rings (SSSR count). The van der Waals surface area contributed by atoms with Crippen molar-refractivity contribution in [3.05, 3.63) is 143 Å². The zero-order valence-corrected chi connectivity index (χ0v) is 31.0. The number of alkyl halides is 3. The van der Waals surface area contributed by atoms with Crippen LogP contribution in [0.5, 0.6) is 17.2 Å². The fourth-order valence-electron chi connectivity index (χ4n) is 5.73. The van der Waals surface area contributed by atoms with Crippen molar-refractivity contribution in [1.82, 2.24) is 4.90 Å². The van der Waals surface area contributed by atoms with E-state index in [4.69, 9.17) is 14.2 Å². The number of methoxy groups -OCH3 is 1. The lowest BCUT2D eigenvalue weighted by Crippen LogP contribution is -2.35. The predicted molar refractivity (Wildman–Crippen MR) is 203 cm³/mol. The number of esters is 1. The highest BCUT2D eigenvalue weighted by atomic mass is 19.4. The molecule has 0 heterocycles. The summed E-state index contributed by atoms with van der Waals surface area (Å²) in [5, 5.41) is 12.2. The molecule has 5 aromatic rings. The van der Waals surface area contributed by atoms with Crippen LogP contribution in [0.4, 0.5) is 18.9 Å². The number of nitrogens with one attached hydrogen (secondary N) is 1. The normalized spacial score (nSPS) is 11.1. The maximum Gasteiger partial charge on any atom is 0.416 e. The maximum absolute atomic E-state index is 13.9. The van der Waals surface area contributed by atoms with Gasteiger partial charge in [-0.2, -0.15) is 13.2 Å². The van der Waals surface area contributed by atoms with Crippen LogP contribution in [0.25, 0.3) is 11.1 Å². The molecule has 0 fully saturated rings. The zero-order valence-electron chi connectivity index (χ0n) is 31.0. The van der Waals surface area contributed by atoms with Crippen LogP contribution in [-0.4, -0.2) is 53.5 Å². The smallest absolute Gasteiger partial charge is 0.416 e. The van der Waals surface area contributed by atoms with Gasteiger partial charge in [-0.3, -0.25) is 14.4 Å². The second-order valence-electron chi connectivity index (χ2n) is 13.2. The second-order valence-corrected chi connectivity index (χ2v) is 13.2. The van der Waals surface area contributed by atoms with Gasteiger partial charge in [0.2, 0.25) is 5.91 Å². The molecule has 2 N–H and O–H groups in total. The molecule has 0 aliphatic heterocycles. The van der Waals surface area contributed by atoms with Crippen molar-refractivity contribution in [2.75, 3.05) is 19.0 Å². The molecule has 0 spiro atoms. The molecule has 0 unspecified atom stereocenters. The number of carboxylic acid groups (broad SMARTS) is 1. The van der Waals surface area contributed by atoms with Gasteiger partial charge in [0.15, 0.2) is 0 Å². The Morgan fingerprint density at radius 2 is 1.43 bits per heavy atom. The van der Waals surface area contributed by atoms with Gasteiger partial charge in [0.1, 0.15) is 23.8 Å². The number of aliphatic carboxylic acids is 1. The van der Waals surface area contributed by atoms with E-state index in [-0.39, 0.29) is 40.6 Å². The third kappa shape index (κ3) is 10.7. The Hall–Kier alpha value is -6.63. The summed E-state index contributed by atoms with van der Waals surface area (Å²) in [5.74, 6) is -3.04. The van der Waals surface area contributed by atoms with Gasteiger partial charge < -0.3 is 29.5 Å². The number of anilines is 1. The Balaban J connectivity index is 1.28. The molecule has 0 radical (unpaired) electrons. The highest BCUT2D eigenvalue weighted by Gasteiger charge is 2.34. The molecule has 0 aliphatic carbocycles. The van der Waals surface area contributed by atoms with Crippen LogP contribution in [0.2, 0.25) is 0 Å². The van der Waals surface area contributed by atoms with E-state index in [2.05, 4.69) is 5.32 Å². The average molecular weight is 769 g/mol. The fourth-order valence-corrected chi connectivity index (χ4v) is 5.73. The number of ether oxygens (including phenoxy) is 3. The van der Waals surface area contributed by atoms with Gasteiger partial charge in [-0.05, 0) is 91.6 Å². The summed E-state index contributed by atoms with van der Waals surface area (Å²) in [6.45, 7) is 4.60. The number of carboxylic acids is 1. The van der Waals surface area contributed by atoms with Gasteiger partial charge >= 0.3 is 18.1 Å². The lowest BCUT2D eigenvalue weighted by Gasteiger charge is -2.23. The monoisotopic (exact) mass is 768 g/mol. The van der Waals surface area contributed by atoms with Crippen molar-refractivity contribution in [2.24, 2.45) is 0 Å². The van der Waals surface area contributed by atoms with Gasteiger partial charge in [0, 0.05) is 18.3 Å². The number of carbonyl (C=O) groups is 4. The van der Waals surface area contributed by atoms with Gasteiger partial charge in [0.05, 0.1) is 36.3 Å². The number of aryl methyl sites for hydroxylation is 1. The van der Waals surface area contributed by atoms with Gasteiger partial charge in [-0.1, -0.05) is 60.2 Å². The summed E-state index contributed by atoms with van der Waals surface area (Å²) in [6, 6.07) is 28.7.